The van der Waals surface area contributed by atoms with E-state index >= 15 is 0 Å². The second-order valence-electron chi connectivity index (χ2n) is 4.56. The van der Waals surface area contributed by atoms with Crippen LogP contribution < -0.4 is 0 Å². The van der Waals surface area contributed by atoms with E-state index in [4.69, 9.17) is 0 Å². The van der Waals surface area contributed by atoms with Crippen LogP contribution >= 0.6 is 11.3 Å². The van der Waals surface area contributed by atoms with Crippen molar-refractivity contribution in [1.82, 2.24) is 14.9 Å². The predicted octanol–water partition coefficient (Wildman–Crippen LogP) is 2.46. The van der Waals surface area contributed by atoms with Crippen molar-refractivity contribution in [3.63, 3.8) is 0 Å². The topological polar surface area (TPSA) is 29.0 Å². The van der Waals surface area contributed by atoms with Crippen molar-refractivity contribution in [1.29, 1.82) is 0 Å². The van der Waals surface area contributed by atoms with Crippen LogP contribution in [0.3, 0.4) is 0 Å². The molecule has 0 unspecified atom stereocenters. The van der Waals surface area contributed by atoms with Crippen molar-refractivity contribution in [2.75, 3.05) is 6.54 Å². The molecule has 1 aliphatic rings. The zero-order chi connectivity index (χ0) is 11.1. The highest BCUT2D eigenvalue weighted by Crippen LogP contribution is 2.33. The van der Waals surface area contributed by atoms with E-state index in [9.17, 15) is 0 Å². The Hall–Kier alpha value is -1.00. The molecule has 0 fully saturated rings. The Morgan fingerprint density at radius 3 is 3.12 bits per heavy atom. The molecule has 0 aromatic carbocycles. The van der Waals surface area contributed by atoms with Gasteiger partial charge in [0, 0.05) is 35.6 Å². The van der Waals surface area contributed by atoms with Crippen LogP contribution in [0.1, 0.15) is 24.3 Å². The second kappa shape index (κ2) is 3.79. The van der Waals surface area contributed by atoms with Gasteiger partial charge in [0.25, 0.3) is 0 Å². The van der Waals surface area contributed by atoms with Gasteiger partial charge in [-0.15, -0.1) is 11.3 Å². The number of hydrogen-bond acceptors (Lipinski definition) is 4. The van der Waals surface area contributed by atoms with Crippen LogP contribution in [-0.4, -0.2) is 27.5 Å². The van der Waals surface area contributed by atoms with Gasteiger partial charge in [0.05, 0.1) is 0 Å². The molecule has 0 saturated heterocycles. The first-order chi connectivity index (χ1) is 7.75. The van der Waals surface area contributed by atoms with Crippen molar-refractivity contribution >= 4 is 21.6 Å². The molecular formula is C12H15N3S. The predicted molar refractivity (Wildman–Crippen MR) is 66.7 cm³/mol. The van der Waals surface area contributed by atoms with Gasteiger partial charge in [-0.25, -0.2) is 9.97 Å². The van der Waals surface area contributed by atoms with Crippen molar-refractivity contribution in [3.05, 3.63) is 23.0 Å². The SMILES string of the molecule is CC(C)N1CCc2c(sc3ncncc23)C1. The van der Waals surface area contributed by atoms with Gasteiger partial charge in [-0.05, 0) is 25.8 Å². The maximum absolute atomic E-state index is 4.34. The van der Waals surface area contributed by atoms with Crippen LogP contribution in [-0.2, 0) is 13.0 Å². The molecule has 0 amide bonds. The van der Waals surface area contributed by atoms with Gasteiger partial charge in [0.15, 0.2) is 0 Å². The van der Waals surface area contributed by atoms with Gasteiger partial charge in [0.2, 0.25) is 0 Å². The first-order valence-electron chi connectivity index (χ1n) is 5.70. The van der Waals surface area contributed by atoms with Gasteiger partial charge >= 0.3 is 0 Å². The zero-order valence-corrected chi connectivity index (χ0v) is 10.4. The summed E-state index contributed by atoms with van der Waals surface area (Å²) in [6, 6.07) is 0.629. The fourth-order valence-corrected chi connectivity index (χ4v) is 3.48. The maximum atomic E-state index is 4.34. The number of nitrogens with zero attached hydrogens (tertiary/aromatic N) is 3. The Morgan fingerprint density at radius 1 is 1.44 bits per heavy atom. The summed E-state index contributed by atoms with van der Waals surface area (Å²) in [6.45, 7) is 6.76. The lowest BCUT2D eigenvalue weighted by atomic mass is 10.0. The van der Waals surface area contributed by atoms with E-state index in [2.05, 4.69) is 28.7 Å². The van der Waals surface area contributed by atoms with Gasteiger partial charge in [-0.3, -0.25) is 4.90 Å². The van der Waals surface area contributed by atoms with Crippen LogP contribution in [0.25, 0.3) is 10.2 Å². The third-order valence-corrected chi connectivity index (χ3v) is 4.42. The molecule has 2 aromatic heterocycles. The largest absolute Gasteiger partial charge is 0.296 e. The molecule has 3 heterocycles. The van der Waals surface area contributed by atoms with Crippen molar-refractivity contribution < 1.29 is 0 Å². The summed E-state index contributed by atoms with van der Waals surface area (Å²) < 4.78 is 0. The third kappa shape index (κ3) is 1.53. The maximum Gasteiger partial charge on any atom is 0.127 e. The summed E-state index contributed by atoms with van der Waals surface area (Å²) in [7, 11) is 0. The molecule has 0 aliphatic carbocycles. The Labute approximate surface area is 99.1 Å². The average molecular weight is 233 g/mol. The number of hydrogen-bond donors (Lipinski definition) is 0. The molecule has 4 heteroatoms. The van der Waals surface area contributed by atoms with Gasteiger partial charge in [-0.1, -0.05) is 0 Å². The zero-order valence-electron chi connectivity index (χ0n) is 9.60. The molecule has 0 radical (unpaired) electrons. The fraction of sp³-hybridized carbons (Fsp3) is 0.500. The molecule has 3 rings (SSSR count). The molecule has 0 bridgehead atoms. The molecule has 84 valence electrons. The van der Waals surface area contributed by atoms with Crippen LogP contribution in [0.2, 0.25) is 0 Å². The normalized spacial score (nSPS) is 16.9. The minimum absolute atomic E-state index is 0.629. The number of rotatable bonds is 1. The van der Waals surface area contributed by atoms with E-state index in [1.807, 2.05) is 17.5 Å². The van der Waals surface area contributed by atoms with Crippen LogP contribution in [0.4, 0.5) is 0 Å². The molecule has 0 N–H and O–H groups in total. The van der Waals surface area contributed by atoms with Gasteiger partial charge < -0.3 is 0 Å². The highest BCUT2D eigenvalue weighted by molar-refractivity contribution is 7.18. The molecule has 1 aliphatic heterocycles. The van der Waals surface area contributed by atoms with E-state index in [-0.39, 0.29) is 0 Å². The van der Waals surface area contributed by atoms with E-state index in [1.165, 1.54) is 15.8 Å². The minimum Gasteiger partial charge on any atom is -0.296 e. The highest BCUT2D eigenvalue weighted by Gasteiger charge is 2.22. The summed E-state index contributed by atoms with van der Waals surface area (Å²) in [6.07, 6.45) is 4.74. The Balaban J connectivity index is 2.06. The number of aromatic nitrogens is 2. The summed E-state index contributed by atoms with van der Waals surface area (Å²) in [4.78, 5) is 13.6. The number of thiophene rings is 1. The summed E-state index contributed by atoms with van der Waals surface area (Å²) in [5, 5.41) is 1.27. The minimum atomic E-state index is 0.629. The lowest BCUT2D eigenvalue weighted by Gasteiger charge is -2.30. The molecule has 3 nitrogen and oxygen atoms in total. The molecule has 16 heavy (non-hydrogen) atoms. The van der Waals surface area contributed by atoms with E-state index < -0.39 is 0 Å². The first-order valence-corrected chi connectivity index (χ1v) is 6.51. The lowest BCUT2D eigenvalue weighted by Crippen LogP contribution is -2.35. The van der Waals surface area contributed by atoms with Gasteiger partial charge in [-0.2, -0.15) is 0 Å². The van der Waals surface area contributed by atoms with Crippen LogP contribution in [0.5, 0.6) is 0 Å². The molecule has 0 saturated carbocycles. The monoisotopic (exact) mass is 233 g/mol. The molecular weight excluding hydrogens is 218 g/mol. The van der Waals surface area contributed by atoms with Crippen molar-refractivity contribution in [2.24, 2.45) is 0 Å². The standard InChI is InChI=1S/C12H15N3S/c1-8(2)15-4-3-9-10-5-13-7-14-12(10)16-11(9)6-15/h5,7-8H,3-4,6H2,1-2H3. The fourth-order valence-electron chi connectivity index (χ4n) is 2.30. The van der Waals surface area contributed by atoms with Crippen LogP contribution in [0, 0.1) is 0 Å². The molecule has 2 aromatic rings. The smallest absolute Gasteiger partial charge is 0.127 e. The van der Waals surface area contributed by atoms with Crippen molar-refractivity contribution in [3.8, 4) is 0 Å². The van der Waals surface area contributed by atoms with Crippen molar-refractivity contribution in [2.45, 2.75) is 32.9 Å². The highest BCUT2D eigenvalue weighted by atomic mass is 32.1. The van der Waals surface area contributed by atoms with E-state index in [0.29, 0.717) is 6.04 Å². The summed E-state index contributed by atoms with van der Waals surface area (Å²) in [5.74, 6) is 0. The summed E-state index contributed by atoms with van der Waals surface area (Å²) in [5.41, 5.74) is 1.48. The first kappa shape index (κ1) is 10.2. The number of fused-ring (bicyclic) bond motifs is 3. The Bertz CT molecular complexity index is 518. The molecule has 0 atom stereocenters. The van der Waals surface area contributed by atoms with E-state index in [1.54, 1.807) is 6.33 Å². The lowest BCUT2D eigenvalue weighted by molar-refractivity contribution is 0.206. The summed E-state index contributed by atoms with van der Waals surface area (Å²) >= 11 is 1.83. The quantitative estimate of drug-likeness (QED) is 0.757. The van der Waals surface area contributed by atoms with Crippen LogP contribution in [0.15, 0.2) is 12.5 Å². The third-order valence-electron chi connectivity index (χ3n) is 3.28. The Kier molecular flexibility index (Phi) is 2.41. The molecule has 0 spiro atoms. The average Bonchev–Trinajstić information content (AvgIpc) is 2.66. The Morgan fingerprint density at radius 2 is 2.31 bits per heavy atom. The van der Waals surface area contributed by atoms with E-state index in [0.717, 1.165) is 24.3 Å². The second-order valence-corrected chi connectivity index (χ2v) is 5.64. The van der Waals surface area contributed by atoms with Gasteiger partial charge in [0.1, 0.15) is 11.2 Å².